The lowest BCUT2D eigenvalue weighted by molar-refractivity contribution is 0.00775. The summed E-state index contributed by atoms with van der Waals surface area (Å²) in [4.78, 5) is 2.30. The maximum absolute atomic E-state index is 13.4. The van der Waals surface area contributed by atoms with Gasteiger partial charge in [-0.05, 0) is 62.4 Å². The number of hydrogen-bond acceptors (Lipinski definition) is 2. The summed E-state index contributed by atoms with van der Waals surface area (Å²) in [6.07, 6.45) is 0.919. The number of halogens is 2. The van der Waals surface area contributed by atoms with Gasteiger partial charge in [0.2, 0.25) is 0 Å². The predicted octanol–water partition coefficient (Wildman–Crippen LogP) is 4.89. The second-order valence-corrected chi connectivity index (χ2v) is 8.21. The van der Waals surface area contributed by atoms with Crippen LogP contribution in [0.1, 0.15) is 36.7 Å². The van der Waals surface area contributed by atoms with Gasteiger partial charge in [-0.2, -0.15) is 0 Å². The Morgan fingerprint density at radius 3 is 2.59 bits per heavy atom. The second-order valence-electron chi connectivity index (χ2n) is 7.77. The van der Waals surface area contributed by atoms with E-state index in [1.807, 2.05) is 25.1 Å². The van der Waals surface area contributed by atoms with Gasteiger partial charge in [0.05, 0.1) is 6.04 Å². The number of aromatic nitrogens is 1. The quantitative estimate of drug-likeness (QED) is 0.694. The normalized spacial score (nSPS) is 18.3. The molecule has 0 bridgehead atoms. The van der Waals surface area contributed by atoms with Crippen LogP contribution < -0.4 is 0 Å². The molecule has 2 atom stereocenters. The summed E-state index contributed by atoms with van der Waals surface area (Å²) in [5.41, 5.74) is 3.17. The summed E-state index contributed by atoms with van der Waals surface area (Å²) >= 11 is 6.28. The molecule has 0 fully saturated rings. The number of rotatable bonds is 3. The summed E-state index contributed by atoms with van der Waals surface area (Å²) < 4.78 is 15.6. The minimum Gasteiger partial charge on any atom is -0.383 e. The molecule has 0 saturated heterocycles. The number of likely N-dealkylation sites (N-methyl/N-ethyl adjacent to an activating group) is 1. The van der Waals surface area contributed by atoms with Gasteiger partial charge in [0, 0.05) is 41.1 Å². The monoisotopic (exact) mass is 386 g/mol. The molecule has 1 N–H and O–H groups in total. The molecular weight excluding hydrogens is 363 g/mol. The van der Waals surface area contributed by atoms with Crippen LogP contribution in [0.25, 0.3) is 10.9 Å². The molecule has 0 radical (unpaired) electrons. The fourth-order valence-corrected chi connectivity index (χ4v) is 4.39. The predicted molar refractivity (Wildman–Crippen MR) is 108 cm³/mol. The number of nitrogens with zero attached hydrogens (tertiary/aromatic N) is 2. The largest absolute Gasteiger partial charge is 0.383 e. The Morgan fingerprint density at radius 1 is 1.19 bits per heavy atom. The van der Waals surface area contributed by atoms with Crippen molar-refractivity contribution in [2.75, 3.05) is 13.6 Å². The first kappa shape index (κ1) is 18.5. The van der Waals surface area contributed by atoms with Crippen molar-refractivity contribution >= 4 is 22.5 Å². The molecule has 0 saturated carbocycles. The molecule has 0 amide bonds. The fraction of sp³-hybridized carbons (Fsp3) is 0.364. The van der Waals surface area contributed by atoms with Gasteiger partial charge in [0.1, 0.15) is 11.4 Å². The van der Waals surface area contributed by atoms with E-state index in [1.54, 1.807) is 19.1 Å². The van der Waals surface area contributed by atoms with E-state index < -0.39 is 5.60 Å². The first-order chi connectivity index (χ1) is 12.8. The molecule has 0 spiro atoms. The highest BCUT2D eigenvalue weighted by Crippen LogP contribution is 2.40. The van der Waals surface area contributed by atoms with Crippen LogP contribution in [-0.4, -0.2) is 28.2 Å². The Balaban J connectivity index is 1.89. The zero-order valence-electron chi connectivity index (χ0n) is 15.8. The van der Waals surface area contributed by atoms with E-state index in [0.29, 0.717) is 10.6 Å². The topological polar surface area (TPSA) is 28.4 Å². The third kappa shape index (κ3) is 3.06. The minimum atomic E-state index is -1.14. The van der Waals surface area contributed by atoms with Crippen molar-refractivity contribution < 1.29 is 9.50 Å². The summed E-state index contributed by atoms with van der Waals surface area (Å²) in [7, 11) is 2.12. The zero-order valence-corrected chi connectivity index (χ0v) is 16.6. The van der Waals surface area contributed by atoms with Gasteiger partial charge in [-0.25, -0.2) is 4.39 Å². The number of hydrogen-bond donors (Lipinski definition) is 1. The first-order valence-corrected chi connectivity index (χ1v) is 9.65. The molecule has 4 rings (SSSR count). The lowest BCUT2D eigenvalue weighted by atomic mass is 9.88. The summed E-state index contributed by atoms with van der Waals surface area (Å²) in [5.74, 6) is -0.302. The molecule has 1 aliphatic rings. The van der Waals surface area contributed by atoms with Crippen LogP contribution in [0.2, 0.25) is 5.02 Å². The van der Waals surface area contributed by atoms with Crippen LogP contribution in [-0.2, 0) is 18.6 Å². The lowest BCUT2D eigenvalue weighted by Crippen LogP contribution is -2.34. The smallest absolute Gasteiger partial charge is 0.123 e. The third-order valence-electron chi connectivity index (χ3n) is 5.97. The maximum Gasteiger partial charge on any atom is 0.123 e. The van der Waals surface area contributed by atoms with Crippen LogP contribution in [0.4, 0.5) is 4.39 Å². The van der Waals surface area contributed by atoms with Gasteiger partial charge < -0.3 is 14.6 Å². The van der Waals surface area contributed by atoms with E-state index in [2.05, 4.69) is 16.5 Å². The molecule has 2 aromatic carbocycles. The number of aliphatic hydroxyl groups is 1. The summed E-state index contributed by atoms with van der Waals surface area (Å²) in [6.45, 7) is 5.66. The molecule has 0 aliphatic carbocycles. The molecule has 5 heteroatoms. The van der Waals surface area contributed by atoms with Crippen molar-refractivity contribution in [1.29, 1.82) is 0 Å². The van der Waals surface area contributed by atoms with E-state index in [9.17, 15) is 9.50 Å². The first-order valence-electron chi connectivity index (χ1n) is 9.27. The van der Waals surface area contributed by atoms with Crippen LogP contribution in [0.15, 0.2) is 42.5 Å². The highest BCUT2D eigenvalue weighted by molar-refractivity contribution is 6.31. The Kier molecular flexibility index (Phi) is 4.53. The van der Waals surface area contributed by atoms with Crippen molar-refractivity contribution in [2.45, 2.75) is 38.5 Å². The summed E-state index contributed by atoms with van der Waals surface area (Å²) in [6, 6.07) is 11.8. The number of fused-ring (bicyclic) bond motifs is 3. The molecule has 142 valence electrons. The molecule has 3 aromatic rings. The maximum atomic E-state index is 13.4. The van der Waals surface area contributed by atoms with Crippen molar-refractivity contribution in [3.63, 3.8) is 0 Å². The van der Waals surface area contributed by atoms with E-state index in [0.717, 1.165) is 30.4 Å². The van der Waals surface area contributed by atoms with Crippen molar-refractivity contribution in [3.05, 3.63) is 70.1 Å². The molecule has 2 heterocycles. The van der Waals surface area contributed by atoms with Crippen molar-refractivity contribution in [1.82, 2.24) is 9.47 Å². The minimum absolute atomic E-state index is 0.223. The van der Waals surface area contributed by atoms with Gasteiger partial charge in [0.25, 0.3) is 0 Å². The second kappa shape index (κ2) is 6.62. The van der Waals surface area contributed by atoms with Gasteiger partial charge >= 0.3 is 0 Å². The Bertz CT molecular complexity index is 994. The third-order valence-corrected chi connectivity index (χ3v) is 6.21. The van der Waals surface area contributed by atoms with Gasteiger partial charge in [-0.15, -0.1) is 0 Å². The zero-order chi connectivity index (χ0) is 19.3. The molecule has 1 aliphatic heterocycles. The van der Waals surface area contributed by atoms with Crippen molar-refractivity contribution in [3.8, 4) is 0 Å². The van der Waals surface area contributed by atoms with E-state index in [4.69, 9.17) is 11.6 Å². The number of benzene rings is 2. The lowest BCUT2D eigenvalue weighted by Gasteiger charge is -2.35. The van der Waals surface area contributed by atoms with E-state index >= 15 is 0 Å². The SMILES string of the molecule is CC(n1c2c(c3cc(Cl)ccc31)CN(C)CC2)C(C)(O)c1ccc(F)cc1. The Hall–Kier alpha value is -1.88. The van der Waals surface area contributed by atoms with Crippen LogP contribution in [0.5, 0.6) is 0 Å². The highest BCUT2D eigenvalue weighted by Gasteiger charge is 2.35. The van der Waals surface area contributed by atoms with Crippen LogP contribution in [0.3, 0.4) is 0 Å². The van der Waals surface area contributed by atoms with Gasteiger partial charge in [-0.1, -0.05) is 23.7 Å². The molecule has 2 unspecified atom stereocenters. The summed E-state index contributed by atoms with van der Waals surface area (Å²) in [5, 5.41) is 13.3. The van der Waals surface area contributed by atoms with Crippen LogP contribution in [0, 0.1) is 5.82 Å². The molecule has 3 nitrogen and oxygen atoms in total. The average molecular weight is 387 g/mol. The molecule has 27 heavy (non-hydrogen) atoms. The van der Waals surface area contributed by atoms with E-state index in [1.165, 1.54) is 23.4 Å². The Labute approximate surface area is 164 Å². The Morgan fingerprint density at radius 2 is 1.89 bits per heavy atom. The van der Waals surface area contributed by atoms with Gasteiger partial charge in [-0.3, -0.25) is 0 Å². The highest BCUT2D eigenvalue weighted by atomic mass is 35.5. The molecule has 1 aromatic heterocycles. The molecular formula is C22H24ClFN2O. The van der Waals surface area contributed by atoms with E-state index in [-0.39, 0.29) is 11.9 Å². The van der Waals surface area contributed by atoms with Crippen molar-refractivity contribution in [2.24, 2.45) is 0 Å². The van der Waals surface area contributed by atoms with Gasteiger partial charge in [0.15, 0.2) is 0 Å². The average Bonchev–Trinajstić information content (AvgIpc) is 2.94. The standard InChI is InChI=1S/C22H24ClFN2O/c1-14(22(2,27)15-4-7-17(24)8-5-15)26-20-9-6-16(23)12-18(20)19-13-25(3)11-10-21(19)26/h4-9,12,14,27H,10-11,13H2,1-3H3. The fourth-order valence-electron chi connectivity index (χ4n) is 4.22. The van der Waals surface area contributed by atoms with Crippen LogP contribution >= 0.6 is 11.6 Å².